The summed E-state index contributed by atoms with van der Waals surface area (Å²) in [5.41, 5.74) is 0.302. The second-order valence-corrected chi connectivity index (χ2v) is 10.5. The molecule has 44 heavy (non-hydrogen) atoms. The first kappa shape index (κ1) is 34.6. The number of methoxy groups -OCH3 is 2. The molecular weight excluding hydrogens is 604 g/mol. The molecule has 244 valence electrons. The van der Waals surface area contributed by atoms with Gasteiger partial charge < -0.3 is 30.0 Å². The number of amides is 3. The number of imidazole rings is 1. The van der Waals surface area contributed by atoms with Crippen LogP contribution in [0.1, 0.15) is 54.3 Å². The summed E-state index contributed by atoms with van der Waals surface area (Å²) < 4.78 is 87.1. The summed E-state index contributed by atoms with van der Waals surface area (Å²) in [5, 5.41) is 11.6. The summed E-state index contributed by atoms with van der Waals surface area (Å²) >= 11 is 0. The molecule has 0 spiro atoms. The Balaban J connectivity index is 0.000000312. The van der Waals surface area contributed by atoms with Crippen LogP contribution in [0.5, 0.6) is 0 Å². The van der Waals surface area contributed by atoms with E-state index >= 15 is 0 Å². The van der Waals surface area contributed by atoms with Crippen molar-refractivity contribution in [3.05, 3.63) is 41.0 Å². The Morgan fingerprint density at radius 3 is 2.27 bits per heavy atom. The van der Waals surface area contributed by atoms with Crippen LogP contribution in [-0.4, -0.2) is 88.0 Å². The number of halogens is 6. The summed E-state index contributed by atoms with van der Waals surface area (Å²) in [5.74, 6) is 0.00909. The van der Waals surface area contributed by atoms with Crippen LogP contribution in [0.3, 0.4) is 0 Å². The highest BCUT2D eigenvalue weighted by Crippen LogP contribution is 2.31. The van der Waals surface area contributed by atoms with E-state index in [1.807, 2.05) is 5.32 Å². The van der Waals surface area contributed by atoms with Crippen LogP contribution in [0.4, 0.5) is 31.1 Å². The van der Waals surface area contributed by atoms with Gasteiger partial charge >= 0.3 is 18.4 Å². The van der Waals surface area contributed by atoms with Gasteiger partial charge in [0.15, 0.2) is 11.3 Å². The molecule has 0 bridgehead atoms. The number of benzene rings is 1. The molecule has 3 amide bonds. The lowest BCUT2D eigenvalue weighted by molar-refractivity contribution is -0.255. The number of carbonyl (C=O) groups excluding carboxylic acids is 2. The van der Waals surface area contributed by atoms with E-state index in [1.165, 1.54) is 12.8 Å². The summed E-state index contributed by atoms with van der Waals surface area (Å²) in [6.07, 6.45) is -5.55. The number of hydrogen-bond donors (Lipinski definition) is 3. The van der Waals surface area contributed by atoms with Crippen molar-refractivity contribution in [2.24, 2.45) is 0 Å². The number of aryl methyl sites for hydroxylation is 1. The van der Waals surface area contributed by atoms with Gasteiger partial charge in [-0.25, -0.2) is 14.4 Å². The average Bonchev–Trinajstić information content (AvgIpc) is 3.37. The van der Waals surface area contributed by atoms with Gasteiger partial charge in [0.25, 0.3) is 5.91 Å². The van der Waals surface area contributed by atoms with Crippen LogP contribution in [0, 0.1) is 6.92 Å². The van der Waals surface area contributed by atoms with Crippen LogP contribution in [0.15, 0.2) is 22.8 Å². The van der Waals surface area contributed by atoms with Crippen LogP contribution in [0.2, 0.25) is 0 Å². The molecule has 2 fully saturated rings. The predicted molar refractivity (Wildman–Crippen MR) is 142 cm³/mol. The highest BCUT2D eigenvalue weighted by molar-refractivity contribution is 5.92. The van der Waals surface area contributed by atoms with E-state index in [9.17, 15) is 35.9 Å². The van der Waals surface area contributed by atoms with E-state index in [0.29, 0.717) is 34.2 Å². The molecule has 2 aliphatic rings. The van der Waals surface area contributed by atoms with Gasteiger partial charge in [0.1, 0.15) is 17.6 Å². The molecule has 3 N–H and O–H groups in total. The maximum absolute atomic E-state index is 12.8. The summed E-state index contributed by atoms with van der Waals surface area (Å²) in [7, 11) is 2.80. The standard InChI is InChI=1S/C17H16F3N7O3.C5H9F3O.C4H8O/c1-8-14(26-30-25-8)15(28)21-5-13-22-10-3-2-9(4-11(10)23-13)6-27-7-12(17(18,19)20)24-16(27)29;1-4(2,9-3)5(6,7)8;1-5-4-2-3-4/h2-4,12H,5-7H2,1H3,(H,21,28)(H,22,23)(H,24,29);1-3H3;4H,2-3H2,1H3. The molecule has 1 aromatic carbocycles. The van der Waals surface area contributed by atoms with Crippen molar-refractivity contribution in [1.82, 2.24) is 35.8 Å². The number of rotatable bonds is 7. The van der Waals surface area contributed by atoms with Crippen molar-refractivity contribution < 1.29 is 50.0 Å². The molecule has 0 radical (unpaired) electrons. The topological polar surface area (TPSA) is 148 Å². The second kappa shape index (κ2) is 13.8. The van der Waals surface area contributed by atoms with Crippen LogP contribution in [-0.2, 0) is 22.6 Å². The maximum Gasteiger partial charge on any atom is 0.416 e. The molecule has 2 aromatic heterocycles. The lowest BCUT2D eigenvalue weighted by atomic mass is 10.1. The Morgan fingerprint density at radius 1 is 1.14 bits per heavy atom. The van der Waals surface area contributed by atoms with E-state index in [-0.39, 0.29) is 18.8 Å². The monoisotopic (exact) mass is 637 g/mol. The van der Waals surface area contributed by atoms with Gasteiger partial charge in [-0.15, -0.1) is 0 Å². The smallest absolute Gasteiger partial charge is 0.381 e. The zero-order chi connectivity index (χ0) is 32.9. The quantitative estimate of drug-likeness (QED) is 0.323. The Kier molecular flexibility index (Phi) is 10.8. The average molecular weight is 638 g/mol. The summed E-state index contributed by atoms with van der Waals surface area (Å²) in [6.45, 7) is 3.22. The second-order valence-electron chi connectivity index (χ2n) is 10.5. The van der Waals surface area contributed by atoms with Crippen molar-refractivity contribution in [3.8, 4) is 0 Å². The summed E-state index contributed by atoms with van der Waals surface area (Å²) in [4.78, 5) is 32.4. The van der Waals surface area contributed by atoms with E-state index in [0.717, 1.165) is 25.9 Å². The van der Waals surface area contributed by atoms with Crippen molar-refractivity contribution in [3.63, 3.8) is 0 Å². The van der Waals surface area contributed by atoms with Crippen molar-refractivity contribution in [1.29, 1.82) is 0 Å². The normalized spacial score (nSPS) is 17.0. The third-order valence-electron chi connectivity index (χ3n) is 6.69. The van der Waals surface area contributed by atoms with Gasteiger partial charge in [0.2, 0.25) is 0 Å². The number of ether oxygens (including phenoxy) is 2. The lowest BCUT2D eigenvalue weighted by Gasteiger charge is -2.25. The third-order valence-corrected chi connectivity index (χ3v) is 6.69. The van der Waals surface area contributed by atoms with E-state index in [2.05, 4.69) is 35.0 Å². The van der Waals surface area contributed by atoms with Gasteiger partial charge in [-0.3, -0.25) is 4.79 Å². The molecule has 3 aromatic rings. The third kappa shape index (κ3) is 9.28. The van der Waals surface area contributed by atoms with Crippen molar-refractivity contribution in [2.45, 2.75) is 76.8 Å². The van der Waals surface area contributed by atoms with Gasteiger partial charge in [-0.2, -0.15) is 26.3 Å². The fraction of sp³-hybridized carbons (Fsp3) is 0.577. The SMILES string of the molecule is COC(C)(C)C(F)(F)F.COC1CC1.Cc1nonc1C(=O)NCc1nc2ccc(CN3CC(C(F)(F)F)NC3=O)cc2[nH]1. The van der Waals surface area contributed by atoms with E-state index in [4.69, 9.17) is 4.74 Å². The zero-order valence-corrected chi connectivity index (χ0v) is 24.5. The maximum atomic E-state index is 12.8. The largest absolute Gasteiger partial charge is 0.416 e. The van der Waals surface area contributed by atoms with Gasteiger partial charge in [0.05, 0.1) is 30.2 Å². The first-order valence-corrected chi connectivity index (χ1v) is 13.3. The summed E-state index contributed by atoms with van der Waals surface area (Å²) in [6, 6.07) is 2.44. The fourth-order valence-corrected chi connectivity index (χ4v) is 3.53. The Labute approximate surface area is 247 Å². The Morgan fingerprint density at radius 2 is 1.82 bits per heavy atom. The van der Waals surface area contributed by atoms with Crippen molar-refractivity contribution >= 4 is 23.0 Å². The van der Waals surface area contributed by atoms with E-state index in [1.54, 1.807) is 32.2 Å². The minimum Gasteiger partial charge on any atom is -0.381 e. The number of nitrogens with zero attached hydrogens (tertiary/aromatic N) is 4. The number of fused-ring (bicyclic) bond motifs is 1. The molecule has 3 heterocycles. The first-order chi connectivity index (χ1) is 20.4. The van der Waals surface area contributed by atoms with Gasteiger partial charge in [0, 0.05) is 20.8 Å². The Hall–Kier alpha value is -3.93. The number of nitrogens with one attached hydrogen (secondary N) is 3. The molecule has 5 rings (SSSR count). The highest BCUT2D eigenvalue weighted by atomic mass is 19.4. The molecular formula is C26H33F6N7O5. The highest BCUT2D eigenvalue weighted by Gasteiger charge is 2.48. The first-order valence-electron chi connectivity index (χ1n) is 13.3. The number of H-pyrrole nitrogens is 1. The molecule has 18 heteroatoms. The van der Waals surface area contributed by atoms with Crippen molar-refractivity contribution in [2.75, 3.05) is 20.8 Å². The number of aromatic nitrogens is 4. The minimum atomic E-state index is -4.49. The van der Waals surface area contributed by atoms with E-state index < -0.39 is 42.5 Å². The minimum absolute atomic E-state index is 0.0257. The zero-order valence-electron chi connectivity index (χ0n) is 24.5. The fourth-order valence-electron chi connectivity index (χ4n) is 3.53. The van der Waals surface area contributed by atoms with Crippen LogP contribution < -0.4 is 10.6 Å². The number of carbonyl (C=O) groups is 2. The molecule has 1 atom stereocenters. The van der Waals surface area contributed by atoms with Crippen LogP contribution >= 0.6 is 0 Å². The molecule has 12 nitrogen and oxygen atoms in total. The predicted octanol–water partition coefficient (Wildman–Crippen LogP) is 4.41. The lowest BCUT2D eigenvalue weighted by Crippen LogP contribution is -2.40. The number of urea groups is 1. The Bertz CT molecular complexity index is 1420. The molecule has 1 aliphatic heterocycles. The molecule has 1 saturated carbocycles. The molecule has 1 unspecified atom stereocenters. The number of aromatic amines is 1. The van der Waals surface area contributed by atoms with Crippen LogP contribution in [0.25, 0.3) is 11.0 Å². The van der Waals surface area contributed by atoms with Gasteiger partial charge in [-0.1, -0.05) is 11.2 Å². The van der Waals surface area contributed by atoms with Gasteiger partial charge in [-0.05, 0) is 56.5 Å². The molecule has 1 saturated heterocycles. The number of hydrogen-bond acceptors (Lipinski definition) is 8. The number of alkyl halides is 6. The molecule has 1 aliphatic carbocycles.